The van der Waals surface area contributed by atoms with Crippen LogP contribution in [0.1, 0.15) is 39.2 Å². The van der Waals surface area contributed by atoms with Crippen LogP contribution >= 0.6 is 23.2 Å². The summed E-state index contributed by atoms with van der Waals surface area (Å²) in [5.74, 6) is 0.506. The summed E-state index contributed by atoms with van der Waals surface area (Å²) in [6, 6.07) is 11.6. The SMILES string of the molecule is CC[C@H](C(=O)N[C@@H](C)CC)N(Cc1cccc(OC)c1)C(=O)COc1ccc(Cl)cc1Cl. The fourth-order valence-corrected chi connectivity index (χ4v) is 3.61. The minimum atomic E-state index is -0.646. The maximum atomic E-state index is 13.2. The molecule has 2 rings (SSSR count). The van der Waals surface area contributed by atoms with Crippen molar-refractivity contribution >= 4 is 35.0 Å². The Hall–Kier alpha value is -2.44. The molecule has 6 nitrogen and oxygen atoms in total. The van der Waals surface area contributed by atoms with Crippen LogP contribution in [-0.4, -0.2) is 42.5 Å². The molecule has 2 atom stereocenters. The summed E-state index contributed by atoms with van der Waals surface area (Å²) in [5.41, 5.74) is 0.844. The van der Waals surface area contributed by atoms with Gasteiger partial charge >= 0.3 is 0 Å². The van der Waals surface area contributed by atoms with E-state index in [0.29, 0.717) is 28.0 Å². The van der Waals surface area contributed by atoms with Gasteiger partial charge in [-0.25, -0.2) is 0 Å². The predicted molar refractivity (Wildman–Crippen MR) is 127 cm³/mol. The van der Waals surface area contributed by atoms with Crippen LogP contribution in [0.3, 0.4) is 0 Å². The van der Waals surface area contributed by atoms with Gasteiger partial charge in [-0.2, -0.15) is 0 Å². The second-order valence-electron chi connectivity index (χ2n) is 7.48. The Morgan fingerprint density at radius 3 is 2.47 bits per heavy atom. The lowest BCUT2D eigenvalue weighted by Gasteiger charge is -2.31. The van der Waals surface area contributed by atoms with E-state index in [9.17, 15) is 9.59 Å². The Kier molecular flexibility index (Phi) is 10.1. The number of methoxy groups -OCH3 is 1. The number of hydrogen-bond donors (Lipinski definition) is 1. The summed E-state index contributed by atoms with van der Waals surface area (Å²) in [6.07, 6.45) is 1.25. The molecule has 32 heavy (non-hydrogen) atoms. The van der Waals surface area contributed by atoms with Gasteiger partial charge in [-0.05, 0) is 55.7 Å². The lowest BCUT2D eigenvalue weighted by molar-refractivity contribution is -0.143. The van der Waals surface area contributed by atoms with Gasteiger partial charge in [-0.3, -0.25) is 9.59 Å². The van der Waals surface area contributed by atoms with E-state index in [2.05, 4.69) is 5.32 Å². The lowest BCUT2D eigenvalue weighted by Crippen LogP contribution is -2.51. The highest BCUT2D eigenvalue weighted by molar-refractivity contribution is 6.35. The normalized spacial score (nSPS) is 12.6. The summed E-state index contributed by atoms with van der Waals surface area (Å²) >= 11 is 12.1. The van der Waals surface area contributed by atoms with Crippen molar-refractivity contribution in [3.8, 4) is 11.5 Å². The summed E-state index contributed by atoms with van der Waals surface area (Å²) in [4.78, 5) is 27.7. The van der Waals surface area contributed by atoms with Crippen molar-refractivity contribution in [2.24, 2.45) is 0 Å². The number of nitrogens with one attached hydrogen (secondary N) is 1. The Morgan fingerprint density at radius 1 is 1.09 bits per heavy atom. The number of ether oxygens (including phenoxy) is 2. The van der Waals surface area contributed by atoms with Crippen molar-refractivity contribution in [3.63, 3.8) is 0 Å². The van der Waals surface area contributed by atoms with Crippen molar-refractivity contribution in [2.45, 2.75) is 52.2 Å². The second-order valence-corrected chi connectivity index (χ2v) is 8.32. The largest absolute Gasteiger partial charge is 0.497 e. The summed E-state index contributed by atoms with van der Waals surface area (Å²) in [5, 5.41) is 3.76. The zero-order chi connectivity index (χ0) is 23.7. The van der Waals surface area contributed by atoms with Crippen LogP contribution in [0.2, 0.25) is 10.0 Å². The third-order valence-electron chi connectivity index (χ3n) is 5.12. The van der Waals surface area contributed by atoms with Crippen LogP contribution in [0.25, 0.3) is 0 Å². The number of carbonyl (C=O) groups excluding carboxylic acids is 2. The fraction of sp³-hybridized carbons (Fsp3) is 0.417. The molecule has 0 unspecified atom stereocenters. The first-order valence-electron chi connectivity index (χ1n) is 10.6. The van der Waals surface area contributed by atoms with Crippen molar-refractivity contribution in [1.29, 1.82) is 0 Å². The molecule has 174 valence electrons. The van der Waals surface area contributed by atoms with Crippen LogP contribution in [0, 0.1) is 0 Å². The summed E-state index contributed by atoms with van der Waals surface area (Å²) < 4.78 is 10.9. The number of carbonyl (C=O) groups is 2. The van der Waals surface area contributed by atoms with Gasteiger partial charge in [0.1, 0.15) is 17.5 Å². The monoisotopic (exact) mass is 480 g/mol. The molecular formula is C24H30Cl2N2O4. The van der Waals surface area contributed by atoms with E-state index in [1.807, 2.05) is 45.0 Å². The van der Waals surface area contributed by atoms with Crippen molar-refractivity contribution in [1.82, 2.24) is 10.2 Å². The maximum Gasteiger partial charge on any atom is 0.261 e. The Labute approximate surface area is 199 Å². The third kappa shape index (κ3) is 7.31. The summed E-state index contributed by atoms with van der Waals surface area (Å²) in [6.45, 7) is 5.78. The van der Waals surface area contributed by atoms with E-state index in [-0.39, 0.29) is 31.0 Å². The molecule has 0 aromatic heterocycles. The molecule has 0 aliphatic rings. The molecule has 0 heterocycles. The molecule has 0 saturated heterocycles. The number of rotatable bonds is 11. The standard InChI is InChI=1S/C24H30Cl2N2O4/c1-5-16(3)27-24(30)21(6-2)28(14-17-8-7-9-19(12-17)31-4)23(29)15-32-22-11-10-18(25)13-20(22)26/h7-13,16,21H,5-6,14-15H2,1-4H3,(H,27,30)/t16-,21+/m0/s1. The number of benzene rings is 2. The first-order chi connectivity index (χ1) is 15.3. The highest BCUT2D eigenvalue weighted by Crippen LogP contribution is 2.27. The van der Waals surface area contributed by atoms with Crippen LogP contribution in [0.4, 0.5) is 0 Å². The van der Waals surface area contributed by atoms with Crippen LogP contribution in [0.15, 0.2) is 42.5 Å². The molecule has 0 aliphatic carbocycles. The van der Waals surface area contributed by atoms with Crippen molar-refractivity contribution < 1.29 is 19.1 Å². The Morgan fingerprint density at radius 2 is 1.84 bits per heavy atom. The van der Waals surface area contributed by atoms with Crippen LogP contribution in [0.5, 0.6) is 11.5 Å². The second kappa shape index (κ2) is 12.6. The van der Waals surface area contributed by atoms with E-state index in [4.69, 9.17) is 32.7 Å². The van der Waals surface area contributed by atoms with Gasteiger partial charge in [0, 0.05) is 17.6 Å². The lowest BCUT2D eigenvalue weighted by atomic mass is 10.1. The van der Waals surface area contributed by atoms with Crippen LogP contribution < -0.4 is 14.8 Å². The molecule has 1 N–H and O–H groups in total. The van der Waals surface area contributed by atoms with Gasteiger partial charge in [0.2, 0.25) is 5.91 Å². The van der Waals surface area contributed by atoms with Gasteiger partial charge in [-0.1, -0.05) is 49.2 Å². The minimum Gasteiger partial charge on any atom is -0.497 e. The molecule has 0 radical (unpaired) electrons. The average molecular weight is 481 g/mol. The Bertz CT molecular complexity index is 923. The van der Waals surface area contributed by atoms with Crippen molar-refractivity contribution in [2.75, 3.05) is 13.7 Å². The van der Waals surface area contributed by atoms with E-state index >= 15 is 0 Å². The maximum absolute atomic E-state index is 13.2. The fourth-order valence-electron chi connectivity index (χ4n) is 3.14. The topological polar surface area (TPSA) is 67.9 Å². The quantitative estimate of drug-likeness (QED) is 0.485. The zero-order valence-electron chi connectivity index (χ0n) is 18.9. The van der Waals surface area contributed by atoms with Gasteiger partial charge in [0.15, 0.2) is 6.61 Å². The number of amides is 2. The molecule has 2 aromatic carbocycles. The zero-order valence-corrected chi connectivity index (χ0v) is 20.4. The third-order valence-corrected chi connectivity index (χ3v) is 5.65. The van der Waals surface area contributed by atoms with E-state index < -0.39 is 6.04 Å². The minimum absolute atomic E-state index is 0.00875. The molecule has 0 bridgehead atoms. The average Bonchev–Trinajstić information content (AvgIpc) is 2.78. The van der Waals surface area contributed by atoms with E-state index in [1.54, 1.807) is 25.3 Å². The molecule has 8 heteroatoms. The first-order valence-corrected chi connectivity index (χ1v) is 11.3. The number of nitrogens with zero attached hydrogens (tertiary/aromatic N) is 1. The Balaban J connectivity index is 2.25. The number of halogens is 2. The van der Waals surface area contributed by atoms with Gasteiger partial charge in [-0.15, -0.1) is 0 Å². The van der Waals surface area contributed by atoms with Crippen molar-refractivity contribution in [3.05, 3.63) is 58.1 Å². The smallest absolute Gasteiger partial charge is 0.261 e. The molecule has 0 saturated carbocycles. The van der Waals surface area contributed by atoms with Gasteiger partial charge in [0.05, 0.1) is 12.1 Å². The summed E-state index contributed by atoms with van der Waals surface area (Å²) in [7, 11) is 1.58. The van der Waals surface area contributed by atoms with Gasteiger partial charge in [0.25, 0.3) is 5.91 Å². The molecular weight excluding hydrogens is 451 g/mol. The molecule has 2 aromatic rings. The van der Waals surface area contributed by atoms with E-state index in [0.717, 1.165) is 12.0 Å². The van der Waals surface area contributed by atoms with E-state index in [1.165, 1.54) is 4.90 Å². The predicted octanol–water partition coefficient (Wildman–Crippen LogP) is 5.10. The molecule has 0 fully saturated rings. The highest BCUT2D eigenvalue weighted by Gasteiger charge is 2.29. The highest BCUT2D eigenvalue weighted by atomic mass is 35.5. The van der Waals surface area contributed by atoms with Crippen LogP contribution in [-0.2, 0) is 16.1 Å². The number of hydrogen-bond acceptors (Lipinski definition) is 4. The van der Waals surface area contributed by atoms with Gasteiger partial charge < -0.3 is 19.7 Å². The first kappa shape index (κ1) is 25.8. The molecule has 0 aliphatic heterocycles. The molecule has 0 spiro atoms. The molecule has 2 amide bonds.